The summed E-state index contributed by atoms with van der Waals surface area (Å²) in [7, 11) is 0.174. The summed E-state index contributed by atoms with van der Waals surface area (Å²) in [5.74, 6) is 0. The van der Waals surface area contributed by atoms with Gasteiger partial charge in [0.15, 0.2) is 0 Å². The fourth-order valence-corrected chi connectivity index (χ4v) is 1.58. The molecule has 4 nitrogen and oxygen atoms in total. The van der Waals surface area contributed by atoms with Crippen molar-refractivity contribution in [1.82, 2.24) is 0 Å². The lowest BCUT2D eigenvalue weighted by Gasteiger charge is -2.15. The van der Waals surface area contributed by atoms with Gasteiger partial charge in [-0.2, -0.15) is 0 Å². The largest absolute Gasteiger partial charge is 0.440 e. The van der Waals surface area contributed by atoms with E-state index in [2.05, 4.69) is 31.9 Å². The van der Waals surface area contributed by atoms with E-state index in [0.29, 0.717) is 0 Å². The minimum absolute atomic E-state index is 0.174. The highest BCUT2D eigenvalue weighted by molar-refractivity contribution is 9.09. The van der Waals surface area contributed by atoms with Gasteiger partial charge in [0.1, 0.15) is 0 Å². The predicted molar refractivity (Wildman–Crippen MR) is 71.3 cm³/mol. The van der Waals surface area contributed by atoms with Gasteiger partial charge in [-0.05, 0) is 25.7 Å². The molecule has 2 unspecified atom stereocenters. The Morgan fingerprint density at radius 1 is 0.933 bits per heavy atom. The van der Waals surface area contributed by atoms with Crippen LogP contribution in [0.15, 0.2) is 0 Å². The summed E-state index contributed by atoms with van der Waals surface area (Å²) in [4.78, 5) is 0. The third kappa shape index (κ3) is 11.1. The van der Waals surface area contributed by atoms with E-state index in [-0.39, 0.29) is 20.1 Å². The number of nitrogens with two attached hydrogens (primary N) is 2. The maximum atomic E-state index is 5.67. The van der Waals surface area contributed by atoms with Crippen LogP contribution >= 0.6 is 31.9 Å². The average molecular weight is 346 g/mol. The Bertz CT molecular complexity index is 132. The normalized spacial score (nSPS) is 14.9. The molecule has 15 heavy (non-hydrogen) atoms. The van der Waals surface area contributed by atoms with Crippen LogP contribution in [-0.4, -0.2) is 30.8 Å². The third-order valence-corrected chi connectivity index (χ3v) is 2.93. The molecule has 0 saturated carbocycles. The molecule has 2 atom stereocenters. The second kappa shape index (κ2) is 11.4. The van der Waals surface area contributed by atoms with E-state index >= 15 is 0 Å². The fourth-order valence-electron chi connectivity index (χ4n) is 0.937. The van der Waals surface area contributed by atoms with Crippen molar-refractivity contribution in [3.8, 4) is 0 Å². The standard InChI is InChI=1S/C8H19BBr2N2O2/c10-5-1-3-7(12)14-9-15-8(13)4-2-6-11/h7-9H,1-6,12-13H2. The van der Waals surface area contributed by atoms with Crippen LogP contribution in [0.25, 0.3) is 0 Å². The van der Waals surface area contributed by atoms with Crippen LogP contribution in [0.4, 0.5) is 0 Å². The van der Waals surface area contributed by atoms with Crippen LogP contribution in [-0.2, 0) is 9.31 Å². The van der Waals surface area contributed by atoms with Crippen LogP contribution < -0.4 is 11.5 Å². The van der Waals surface area contributed by atoms with Crippen molar-refractivity contribution in [2.24, 2.45) is 11.5 Å². The topological polar surface area (TPSA) is 70.5 Å². The van der Waals surface area contributed by atoms with Gasteiger partial charge in [-0.1, -0.05) is 31.9 Å². The van der Waals surface area contributed by atoms with Crippen molar-refractivity contribution in [2.75, 3.05) is 10.7 Å². The van der Waals surface area contributed by atoms with Gasteiger partial charge in [0.25, 0.3) is 0 Å². The Morgan fingerprint density at radius 3 is 1.67 bits per heavy atom. The first-order valence-electron chi connectivity index (χ1n) is 5.07. The lowest BCUT2D eigenvalue weighted by molar-refractivity contribution is 0.115. The van der Waals surface area contributed by atoms with Crippen molar-refractivity contribution in [3.63, 3.8) is 0 Å². The average Bonchev–Trinajstić information content (AvgIpc) is 2.23. The lowest BCUT2D eigenvalue weighted by Crippen LogP contribution is -2.32. The Balaban J connectivity index is 3.27. The number of rotatable bonds is 10. The van der Waals surface area contributed by atoms with E-state index in [4.69, 9.17) is 20.8 Å². The Hall–Kier alpha value is 0.865. The Kier molecular flexibility index (Phi) is 12.0. The summed E-state index contributed by atoms with van der Waals surface area (Å²) < 4.78 is 10.5. The van der Waals surface area contributed by atoms with Crippen molar-refractivity contribution in [1.29, 1.82) is 0 Å². The van der Waals surface area contributed by atoms with E-state index < -0.39 is 0 Å². The molecular formula is C8H19BBr2N2O2. The molecular weight excluding hydrogens is 327 g/mol. The van der Waals surface area contributed by atoms with Crippen molar-refractivity contribution in [3.05, 3.63) is 0 Å². The first kappa shape index (κ1) is 15.9. The first-order chi connectivity index (χ1) is 7.20. The molecule has 0 aromatic heterocycles. The zero-order valence-corrected chi connectivity index (χ0v) is 12.0. The highest BCUT2D eigenvalue weighted by Gasteiger charge is 2.07. The molecule has 0 amide bonds. The molecule has 0 aromatic carbocycles. The second-order valence-corrected chi connectivity index (χ2v) is 4.78. The number of hydrogen-bond donors (Lipinski definition) is 2. The van der Waals surface area contributed by atoms with Gasteiger partial charge >= 0.3 is 7.69 Å². The molecule has 7 heteroatoms. The maximum Gasteiger partial charge on any atom is 0.440 e. The van der Waals surface area contributed by atoms with E-state index in [1.54, 1.807) is 0 Å². The summed E-state index contributed by atoms with van der Waals surface area (Å²) in [6.07, 6.45) is 3.13. The monoisotopic (exact) mass is 344 g/mol. The molecule has 0 aromatic rings. The minimum atomic E-state index is -0.258. The van der Waals surface area contributed by atoms with Crippen molar-refractivity contribution in [2.45, 2.75) is 38.1 Å². The number of alkyl halides is 2. The van der Waals surface area contributed by atoms with Crippen molar-refractivity contribution >= 4 is 39.5 Å². The molecule has 0 aliphatic heterocycles. The van der Waals surface area contributed by atoms with Gasteiger partial charge < -0.3 is 20.8 Å². The SMILES string of the molecule is NC(CCCBr)OBOC(N)CCCBr. The lowest BCUT2D eigenvalue weighted by atomic mass is 10.2. The zero-order valence-electron chi connectivity index (χ0n) is 8.83. The highest BCUT2D eigenvalue weighted by atomic mass is 79.9. The van der Waals surface area contributed by atoms with Crippen molar-refractivity contribution < 1.29 is 9.31 Å². The molecule has 0 rings (SSSR count). The second-order valence-electron chi connectivity index (χ2n) is 3.19. The summed E-state index contributed by atoms with van der Waals surface area (Å²) in [6.45, 7) is 0. The van der Waals surface area contributed by atoms with E-state index in [1.165, 1.54) is 0 Å². The zero-order chi connectivity index (χ0) is 11.5. The molecule has 0 bridgehead atoms. The number of halogens is 2. The van der Waals surface area contributed by atoms with Crippen LogP contribution in [0.2, 0.25) is 0 Å². The summed E-state index contributed by atoms with van der Waals surface area (Å²) in [6, 6.07) is 0. The van der Waals surface area contributed by atoms with Crippen LogP contribution in [0.3, 0.4) is 0 Å². The molecule has 0 saturated heterocycles. The molecule has 0 spiro atoms. The van der Waals surface area contributed by atoms with E-state index in [0.717, 1.165) is 36.3 Å². The van der Waals surface area contributed by atoms with Crippen LogP contribution in [0.1, 0.15) is 25.7 Å². The smallest absolute Gasteiger partial charge is 0.398 e. The summed E-state index contributed by atoms with van der Waals surface area (Å²) in [5.41, 5.74) is 11.3. The molecule has 90 valence electrons. The molecule has 0 fully saturated rings. The summed E-state index contributed by atoms with van der Waals surface area (Å²) in [5, 5.41) is 1.88. The highest BCUT2D eigenvalue weighted by Crippen LogP contribution is 2.01. The Morgan fingerprint density at radius 2 is 1.33 bits per heavy atom. The predicted octanol–water partition coefficient (Wildman–Crippen LogP) is 1.21. The molecule has 0 heterocycles. The van der Waals surface area contributed by atoms with Gasteiger partial charge in [-0.25, -0.2) is 0 Å². The van der Waals surface area contributed by atoms with Gasteiger partial charge in [0.2, 0.25) is 0 Å². The fraction of sp³-hybridized carbons (Fsp3) is 1.00. The van der Waals surface area contributed by atoms with Gasteiger partial charge in [-0.3, -0.25) is 0 Å². The van der Waals surface area contributed by atoms with Crippen LogP contribution in [0, 0.1) is 0 Å². The van der Waals surface area contributed by atoms with Crippen LogP contribution in [0.5, 0.6) is 0 Å². The molecule has 0 aliphatic carbocycles. The minimum Gasteiger partial charge on any atom is -0.398 e. The van der Waals surface area contributed by atoms with Gasteiger partial charge in [-0.15, -0.1) is 0 Å². The molecule has 0 radical (unpaired) electrons. The van der Waals surface area contributed by atoms with Gasteiger partial charge in [0.05, 0.1) is 12.5 Å². The van der Waals surface area contributed by atoms with E-state index in [9.17, 15) is 0 Å². The first-order valence-corrected chi connectivity index (χ1v) is 7.31. The molecule has 0 aliphatic rings. The Labute approximate surface area is 109 Å². The van der Waals surface area contributed by atoms with Gasteiger partial charge in [0, 0.05) is 10.7 Å². The molecule has 4 N–H and O–H groups in total. The quantitative estimate of drug-likeness (QED) is 0.355. The third-order valence-electron chi connectivity index (χ3n) is 1.81. The maximum absolute atomic E-state index is 5.67. The number of hydrogen-bond acceptors (Lipinski definition) is 4. The summed E-state index contributed by atoms with van der Waals surface area (Å²) >= 11 is 6.66. The van der Waals surface area contributed by atoms with E-state index in [1.807, 2.05) is 0 Å².